The number of hydrogen-bond acceptors (Lipinski definition) is 2. The normalized spacial score (nSPS) is 10.6. The van der Waals surface area contributed by atoms with Crippen LogP contribution in [0.2, 0.25) is 0 Å². The molecular weight excluding hydrogens is 288 g/mol. The predicted molar refractivity (Wildman–Crippen MR) is 69.4 cm³/mol. The summed E-state index contributed by atoms with van der Waals surface area (Å²) >= 11 is 8.71. The first-order valence-electron chi connectivity index (χ1n) is 4.76. The van der Waals surface area contributed by atoms with Crippen molar-refractivity contribution in [1.82, 2.24) is 9.78 Å². The maximum Gasteiger partial charge on any atom is 0.128 e. The van der Waals surface area contributed by atoms with Gasteiger partial charge in [-0.25, -0.2) is 4.68 Å². The maximum absolute atomic E-state index is 5.27. The molecule has 0 saturated carbocycles. The van der Waals surface area contributed by atoms with Crippen molar-refractivity contribution in [1.29, 1.82) is 0 Å². The van der Waals surface area contributed by atoms with Crippen molar-refractivity contribution in [3.05, 3.63) is 45.1 Å². The molecule has 0 amide bonds. The zero-order valence-corrected chi connectivity index (χ0v) is 11.1. The maximum atomic E-state index is 5.27. The van der Waals surface area contributed by atoms with Crippen molar-refractivity contribution in [2.24, 2.45) is 0 Å². The highest BCUT2D eigenvalue weighted by atomic mass is 79.9. The van der Waals surface area contributed by atoms with Crippen molar-refractivity contribution in [3.63, 3.8) is 0 Å². The van der Waals surface area contributed by atoms with E-state index in [1.54, 1.807) is 7.11 Å². The third kappa shape index (κ3) is 2.42. The summed E-state index contributed by atoms with van der Waals surface area (Å²) in [5.74, 6) is 0. The molecule has 0 unspecified atom stereocenters. The molecule has 0 atom stereocenters. The number of methoxy groups -OCH3 is 1. The lowest BCUT2D eigenvalue weighted by atomic mass is 10.3. The molecular formula is C11H11BrN2OS. The van der Waals surface area contributed by atoms with E-state index in [2.05, 4.69) is 21.0 Å². The molecule has 2 rings (SSSR count). The fourth-order valence-corrected chi connectivity index (χ4v) is 2.16. The number of hydrogen-bond donors (Lipinski definition) is 1. The summed E-state index contributed by atoms with van der Waals surface area (Å²) in [4.78, 5) is 0. The molecule has 0 fully saturated rings. The lowest BCUT2D eigenvalue weighted by Gasteiger charge is -2.03. The van der Waals surface area contributed by atoms with Gasteiger partial charge in [-0.15, -0.1) is 0 Å². The van der Waals surface area contributed by atoms with Crippen LogP contribution in [0.25, 0.3) is 5.69 Å². The fourth-order valence-electron chi connectivity index (χ4n) is 1.48. The van der Waals surface area contributed by atoms with Crippen molar-refractivity contribution in [2.75, 3.05) is 7.11 Å². The SMILES string of the molecule is COCc1cc(=S)n(-c2cccc(Br)c2)[nH]1. The van der Waals surface area contributed by atoms with Crippen LogP contribution in [0.1, 0.15) is 5.69 Å². The summed E-state index contributed by atoms with van der Waals surface area (Å²) in [7, 11) is 1.66. The minimum Gasteiger partial charge on any atom is -0.378 e. The zero-order chi connectivity index (χ0) is 11.5. The van der Waals surface area contributed by atoms with E-state index in [0.29, 0.717) is 6.61 Å². The summed E-state index contributed by atoms with van der Waals surface area (Å²) in [6.45, 7) is 0.532. The van der Waals surface area contributed by atoms with Crippen LogP contribution in [0, 0.1) is 4.64 Å². The third-order valence-corrected chi connectivity index (χ3v) is 2.93. The molecule has 0 saturated heterocycles. The molecule has 0 aliphatic rings. The molecule has 84 valence electrons. The van der Waals surface area contributed by atoms with Gasteiger partial charge in [0.15, 0.2) is 0 Å². The van der Waals surface area contributed by atoms with E-state index < -0.39 is 0 Å². The monoisotopic (exact) mass is 298 g/mol. The third-order valence-electron chi connectivity index (χ3n) is 2.14. The Morgan fingerprint density at radius 1 is 1.44 bits per heavy atom. The fraction of sp³-hybridized carbons (Fsp3) is 0.182. The Hall–Kier alpha value is -0.910. The molecule has 0 spiro atoms. The van der Waals surface area contributed by atoms with E-state index in [-0.39, 0.29) is 0 Å². The molecule has 0 aliphatic heterocycles. The van der Waals surface area contributed by atoms with Gasteiger partial charge in [-0.1, -0.05) is 34.2 Å². The van der Waals surface area contributed by atoms with Crippen LogP contribution < -0.4 is 0 Å². The molecule has 1 aromatic carbocycles. The van der Waals surface area contributed by atoms with E-state index in [0.717, 1.165) is 20.5 Å². The molecule has 1 aromatic heterocycles. The first-order chi connectivity index (χ1) is 7.70. The largest absolute Gasteiger partial charge is 0.378 e. The number of nitrogens with one attached hydrogen (secondary N) is 1. The Balaban J connectivity index is 2.44. The summed E-state index contributed by atoms with van der Waals surface area (Å²) in [5.41, 5.74) is 1.97. The average molecular weight is 299 g/mol. The van der Waals surface area contributed by atoms with Gasteiger partial charge >= 0.3 is 0 Å². The molecule has 0 aliphatic carbocycles. The zero-order valence-electron chi connectivity index (χ0n) is 8.74. The van der Waals surface area contributed by atoms with Gasteiger partial charge in [0.2, 0.25) is 0 Å². The van der Waals surface area contributed by atoms with Crippen molar-refractivity contribution < 1.29 is 4.74 Å². The van der Waals surface area contributed by atoms with E-state index in [9.17, 15) is 0 Å². The second-order valence-corrected chi connectivity index (χ2v) is 4.70. The molecule has 1 N–H and O–H groups in total. The molecule has 16 heavy (non-hydrogen) atoms. The number of halogens is 1. The Morgan fingerprint density at radius 2 is 2.25 bits per heavy atom. The number of benzene rings is 1. The molecule has 5 heteroatoms. The summed E-state index contributed by atoms with van der Waals surface area (Å²) in [6.07, 6.45) is 0. The predicted octanol–water partition coefficient (Wildman–Crippen LogP) is 3.44. The van der Waals surface area contributed by atoms with Gasteiger partial charge in [-0.05, 0) is 24.3 Å². The minimum absolute atomic E-state index is 0.532. The van der Waals surface area contributed by atoms with Crippen molar-refractivity contribution in [3.8, 4) is 5.69 Å². The van der Waals surface area contributed by atoms with Crippen molar-refractivity contribution in [2.45, 2.75) is 6.61 Å². The lowest BCUT2D eigenvalue weighted by Crippen LogP contribution is -1.97. The highest BCUT2D eigenvalue weighted by Crippen LogP contribution is 2.16. The van der Waals surface area contributed by atoms with Crippen LogP contribution in [0.3, 0.4) is 0 Å². The van der Waals surface area contributed by atoms with Gasteiger partial charge in [0.1, 0.15) is 4.64 Å². The summed E-state index contributed by atoms with van der Waals surface area (Å²) < 4.78 is 8.68. The summed E-state index contributed by atoms with van der Waals surface area (Å²) in [6, 6.07) is 9.85. The Labute approximate surface area is 107 Å². The quantitative estimate of drug-likeness (QED) is 0.880. The van der Waals surface area contributed by atoms with Crippen LogP contribution >= 0.6 is 28.1 Å². The molecule has 0 bridgehead atoms. The van der Waals surface area contributed by atoms with Gasteiger partial charge in [-0.3, -0.25) is 5.10 Å². The van der Waals surface area contributed by atoms with Gasteiger partial charge in [0.05, 0.1) is 18.0 Å². The van der Waals surface area contributed by atoms with Crippen LogP contribution in [-0.2, 0) is 11.3 Å². The number of nitrogens with zero attached hydrogens (tertiary/aromatic N) is 1. The lowest BCUT2D eigenvalue weighted by molar-refractivity contribution is 0.181. The van der Waals surface area contributed by atoms with Crippen LogP contribution in [0.15, 0.2) is 34.8 Å². The number of aromatic nitrogens is 2. The summed E-state index contributed by atoms with van der Waals surface area (Å²) in [5, 5.41) is 3.19. The van der Waals surface area contributed by atoms with E-state index in [1.807, 2.05) is 35.0 Å². The molecule has 1 heterocycles. The Bertz CT molecular complexity index is 547. The van der Waals surface area contributed by atoms with Gasteiger partial charge in [-0.2, -0.15) is 0 Å². The minimum atomic E-state index is 0.532. The number of rotatable bonds is 3. The average Bonchev–Trinajstić information content (AvgIpc) is 2.60. The van der Waals surface area contributed by atoms with E-state index in [4.69, 9.17) is 17.0 Å². The van der Waals surface area contributed by atoms with Crippen LogP contribution in [-0.4, -0.2) is 16.9 Å². The second kappa shape index (κ2) is 4.95. The molecule has 2 aromatic rings. The highest BCUT2D eigenvalue weighted by molar-refractivity contribution is 9.10. The first kappa shape index (κ1) is 11.6. The van der Waals surface area contributed by atoms with E-state index in [1.165, 1.54) is 0 Å². The number of aromatic amines is 1. The second-order valence-electron chi connectivity index (χ2n) is 3.37. The number of H-pyrrole nitrogens is 1. The standard InChI is InChI=1S/C11H11BrN2OS/c1-15-7-9-6-11(16)14(13-9)10-4-2-3-8(12)5-10/h2-6,13H,7H2,1H3. The molecule has 0 radical (unpaired) electrons. The van der Waals surface area contributed by atoms with Crippen molar-refractivity contribution >= 4 is 28.1 Å². The smallest absolute Gasteiger partial charge is 0.128 e. The van der Waals surface area contributed by atoms with E-state index >= 15 is 0 Å². The Morgan fingerprint density at radius 3 is 2.94 bits per heavy atom. The van der Waals surface area contributed by atoms with Crippen LogP contribution in [0.4, 0.5) is 0 Å². The van der Waals surface area contributed by atoms with Gasteiger partial charge in [0, 0.05) is 11.6 Å². The highest BCUT2D eigenvalue weighted by Gasteiger charge is 2.02. The van der Waals surface area contributed by atoms with Crippen LogP contribution in [0.5, 0.6) is 0 Å². The molecule has 3 nitrogen and oxygen atoms in total. The van der Waals surface area contributed by atoms with Gasteiger partial charge in [0.25, 0.3) is 0 Å². The first-order valence-corrected chi connectivity index (χ1v) is 5.96. The topological polar surface area (TPSA) is 29.9 Å². The number of ether oxygens (including phenoxy) is 1. The van der Waals surface area contributed by atoms with Gasteiger partial charge < -0.3 is 4.74 Å². The Kier molecular flexibility index (Phi) is 3.58.